The summed E-state index contributed by atoms with van der Waals surface area (Å²) in [5.41, 5.74) is 2.58. The first-order chi connectivity index (χ1) is 11.8. The van der Waals surface area contributed by atoms with Gasteiger partial charge in [0.1, 0.15) is 0 Å². The lowest BCUT2D eigenvalue weighted by atomic mass is 10.0. The highest BCUT2D eigenvalue weighted by molar-refractivity contribution is 6.24. The Morgan fingerprint density at radius 3 is 2.00 bits per heavy atom. The molecule has 1 aliphatic heterocycles. The molecule has 2 amide bonds. The van der Waals surface area contributed by atoms with Crippen LogP contribution in [0.3, 0.4) is 0 Å². The van der Waals surface area contributed by atoms with Crippen LogP contribution in [0.25, 0.3) is 11.6 Å². The Labute approximate surface area is 142 Å². The highest BCUT2D eigenvalue weighted by Crippen LogP contribution is 2.21. The van der Waals surface area contributed by atoms with Crippen molar-refractivity contribution in [2.45, 2.75) is 0 Å². The number of carbonyl (C=O) groups is 2. The summed E-state index contributed by atoms with van der Waals surface area (Å²) >= 11 is 0. The maximum Gasteiger partial charge on any atom is 0.254 e. The molecule has 1 saturated heterocycles. The maximum atomic E-state index is 13.0. The number of hydrogen-bond donors (Lipinski definition) is 0. The van der Waals surface area contributed by atoms with Crippen LogP contribution in [-0.2, 0) is 9.59 Å². The van der Waals surface area contributed by atoms with Gasteiger partial charge in [0, 0.05) is 31.8 Å². The molecular formula is C20H20N2O2. The summed E-state index contributed by atoms with van der Waals surface area (Å²) < 4.78 is 0. The molecular weight excluding hydrogens is 300 g/mol. The van der Waals surface area contributed by atoms with Crippen molar-refractivity contribution in [1.29, 1.82) is 0 Å². The van der Waals surface area contributed by atoms with E-state index < -0.39 is 0 Å². The van der Waals surface area contributed by atoms with Crippen molar-refractivity contribution in [1.82, 2.24) is 9.80 Å². The molecule has 122 valence electrons. The Kier molecular flexibility index (Phi) is 5.06. The molecule has 0 bridgehead atoms. The zero-order valence-corrected chi connectivity index (χ0v) is 13.5. The van der Waals surface area contributed by atoms with Crippen molar-refractivity contribution in [3.63, 3.8) is 0 Å². The van der Waals surface area contributed by atoms with E-state index in [-0.39, 0.29) is 5.91 Å². The normalized spacial score (nSPS) is 15.2. The summed E-state index contributed by atoms with van der Waals surface area (Å²) in [6.45, 7) is 2.30. The van der Waals surface area contributed by atoms with E-state index in [1.165, 1.54) is 0 Å². The quantitative estimate of drug-likeness (QED) is 0.493. The Morgan fingerprint density at radius 2 is 1.42 bits per heavy atom. The molecule has 0 unspecified atom stereocenters. The van der Waals surface area contributed by atoms with Gasteiger partial charge in [-0.3, -0.25) is 9.59 Å². The monoisotopic (exact) mass is 320 g/mol. The molecule has 4 nitrogen and oxygen atoms in total. The van der Waals surface area contributed by atoms with Crippen LogP contribution >= 0.6 is 0 Å². The van der Waals surface area contributed by atoms with E-state index in [0.717, 1.165) is 17.5 Å². The van der Waals surface area contributed by atoms with E-state index in [0.29, 0.717) is 31.8 Å². The van der Waals surface area contributed by atoms with Gasteiger partial charge < -0.3 is 9.80 Å². The van der Waals surface area contributed by atoms with Crippen molar-refractivity contribution in [2.75, 3.05) is 26.2 Å². The molecule has 1 aliphatic rings. The van der Waals surface area contributed by atoms with Crippen molar-refractivity contribution >= 4 is 24.0 Å². The molecule has 0 N–H and O–H groups in total. The second kappa shape index (κ2) is 7.59. The van der Waals surface area contributed by atoms with Gasteiger partial charge in [0.2, 0.25) is 6.41 Å². The Morgan fingerprint density at radius 1 is 0.833 bits per heavy atom. The molecule has 0 aliphatic carbocycles. The fourth-order valence-corrected chi connectivity index (χ4v) is 2.80. The Hall–Kier alpha value is -2.88. The van der Waals surface area contributed by atoms with Crippen LogP contribution in [0.1, 0.15) is 11.1 Å². The first kappa shape index (κ1) is 16.0. The van der Waals surface area contributed by atoms with Gasteiger partial charge in [0.05, 0.1) is 0 Å². The Bertz CT molecular complexity index is 718. The molecule has 0 aromatic heterocycles. The minimum absolute atomic E-state index is 0.00982. The molecule has 0 saturated carbocycles. The highest BCUT2D eigenvalue weighted by atomic mass is 16.2. The van der Waals surface area contributed by atoms with E-state index in [9.17, 15) is 9.59 Å². The molecule has 3 rings (SSSR count). The molecule has 0 atom stereocenters. The van der Waals surface area contributed by atoms with E-state index in [1.54, 1.807) is 4.90 Å². The van der Waals surface area contributed by atoms with Gasteiger partial charge in [-0.1, -0.05) is 60.7 Å². The highest BCUT2D eigenvalue weighted by Gasteiger charge is 2.23. The third-order valence-electron chi connectivity index (χ3n) is 4.18. The number of benzene rings is 2. The van der Waals surface area contributed by atoms with Crippen molar-refractivity contribution in [2.24, 2.45) is 0 Å². The van der Waals surface area contributed by atoms with E-state index in [2.05, 4.69) is 0 Å². The first-order valence-electron chi connectivity index (χ1n) is 8.09. The number of carbonyl (C=O) groups excluding carboxylic acids is 2. The summed E-state index contributed by atoms with van der Waals surface area (Å²) in [5, 5.41) is 0. The second-order valence-corrected chi connectivity index (χ2v) is 5.77. The van der Waals surface area contributed by atoms with Gasteiger partial charge in [0.25, 0.3) is 5.91 Å². The molecule has 0 spiro atoms. The van der Waals surface area contributed by atoms with Crippen LogP contribution in [0.4, 0.5) is 0 Å². The lowest BCUT2D eigenvalue weighted by molar-refractivity contribution is -0.130. The maximum absolute atomic E-state index is 13.0. The number of hydrogen-bond acceptors (Lipinski definition) is 2. The zero-order chi connectivity index (χ0) is 16.8. The third kappa shape index (κ3) is 3.71. The van der Waals surface area contributed by atoms with Crippen molar-refractivity contribution in [3.05, 3.63) is 71.8 Å². The van der Waals surface area contributed by atoms with Crippen LogP contribution < -0.4 is 0 Å². The summed E-state index contributed by atoms with van der Waals surface area (Å²) in [4.78, 5) is 27.4. The van der Waals surface area contributed by atoms with Crippen molar-refractivity contribution in [3.8, 4) is 0 Å². The molecule has 4 heteroatoms. The van der Waals surface area contributed by atoms with Gasteiger partial charge in [-0.2, -0.15) is 0 Å². The van der Waals surface area contributed by atoms with Crippen LogP contribution in [0.5, 0.6) is 0 Å². The lowest BCUT2D eigenvalue weighted by Gasteiger charge is -2.33. The van der Waals surface area contributed by atoms with Crippen LogP contribution in [0, 0.1) is 0 Å². The lowest BCUT2D eigenvalue weighted by Crippen LogP contribution is -2.48. The van der Waals surface area contributed by atoms with Crippen LogP contribution in [0.15, 0.2) is 60.7 Å². The standard InChI is InChI=1S/C20H20N2O2/c23-16-21-11-13-22(14-12-21)20(24)19(18-9-5-2-6-10-18)15-17-7-3-1-4-8-17/h1-10,15-16H,11-14H2/b19-15+. The predicted molar refractivity (Wildman–Crippen MR) is 95.0 cm³/mol. The average molecular weight is 320 g/mol. The van der Waals surface area contributed by atoms with Gasteiger partial charge in [0.15, 0.2) is 0 Å². The predicted octanol–water partition coefficient (Wildman–Crippen LogP) is 2.53. The summed E-state index contributed by atoms with van der Waals surface area (Å²) in [6, 6.07) is 19.6. The summed E-state index contributed by atoms with van der Waals surface area (Å²) in [7, 11) is 0. The minimum Gasteiger partial charge on any atom is -0.342 e. The molecule has 1 heterocycles. The van der Waals surface area contributed by atoms with Gasteiger partial charge in [-0.25, -0.2) is 0 Å². The number of rotatable bonds is 4. The van der Waals surface area contributed by atoms with Crippen LogP contribution in [0.2, 0.25) is 0 Å². The van der Waals surface area contributed by atoms with Gasteiger partial charge in [-0.15, -0.1) is 0 Å². The number of nitrogens with zero attached hydrogens (tertiary/aromatic N) is 2. The van der Waals surface area contributed by atoms with Crippen molar-refractivity contribution < 1.29 is 9.59 Å². The average Bonchev–Trinajstić information content (AvgIpc) is 2.67. The molecule has 1 fully saturated rings. The zero-order valence-electron chi connectivity index (χ0n) is 13.5. The van der Waals surface area contributed by atoms with Gasteiger partial charge in [-0.05, 0) is 17.2 Å². The summed E-state index contributed by atoms with van der Waals surface area (Å²) in [6.07, 6.45) is 2.78. The largest absolute Gasteiger partial charge is 0.342 e. The minimum atomic E-state index is 0.00982. The molecule has 0 radical (unpaired) electrons. The van der Waals surface area contributed by atoms with Crippen LogP contribution in [-0.4, -0.2) is 48.3 Å². The third-order valence-corrected chi connectivity index (χ3v) is 4.18. The van der Waals surface area contributed by atoms with E-state index in [1.807, 2.05) is 71.6 Å². The molecule has 2 aromatic rings. The van der Waals surface area contributed by atoms with E-state index in [4.69, 9.17) is 0 Å². The topological polar surface area (TPSA) is 40.6 Å². The second-order valence-electron chi connectivity index (χ2n) is 5.77. The number of piperazine rings is 1. The first-order valence-corrected chi connectivity index (χ1v) is 8.09. The van der Waals surface area contributed by atoms with E-state index >= 15 is 0 Å². The summed E-state index contributed by atoms with van der Waals surface area (Å²) in [5.74, 6) is 0.00982. The SMILES string of the molecule is O=CN1CCN(C(=O)/C(=C/c2ccccc2)c2ccccc2)CC1. The molecule has 2 aromatic carbocycles. The Balaban J connectivity index is 1.89. The fourth-order valence-electron chi connectivity index (χ4n) is 2.80. The smallest absolute Gasteiger partial charge is 0.254 e. The molecule has 24 heavy (non-hydrogen) atoms. The fraction of sp³-hybridized carbons (Fsp3) is 0.200. The van der Waals surface area contributed by atoms with Gasteiger partial charge >= 0.3 is 0 Å². The number of amides is 2.